The molecular weight excluding hydrogens is 284 g/mol. The fraction of sp³-hybridized carbons (Fsp3) is 0.733. The molecule has 6 heteroatoms. The molecule has 2 aliphatic heterocycles. The molecule has 0 N–H and O–H groups in total. The molecule has 1 fully saturated rings. The highest BCUT2D eigenvalue weighted by molar-refractivity contribution is 7.10. The fourth-order valence-corrected chi connectivity index (χ4v) is 3.61. The van der Waals surface area contributed by atoms with Gasteiger partial charge in [0, 0.05) is 29.8 Å². The largest absolute Gasteiger partial charge is 0.337 e. The summed E-state index contributed by atoms with van der Waals surface area (Å²) in [6.45, 7) is 9.96. The Morgan fingerprint density at radius 2 is 2.14 bits per heavy atom. The maximum absolute atomic E-state index is 12.6. The molecule has 1 amide bonds. The lowest BCUT2D eigenvalue weighted by Gasteiger charge is -2.33. The third kappa shape index (κ3) is 2.86. The minimum atomic E-state index is -0.238. The number of thiazole rings is 1. The third-order valence-electron chi connectivity index (χ3n) is 4.26. The second-order valence-electron chi connectivity index (χ2n) is 7.17. The van der Waals surface area contributed by atoms with E-state index >= 15 is 0 Å². The van der Waals surface area contributed by atoms with Crippen molar-refractivity contribution < 1.29 is 4.79 Å². The summed E-state index contributed by atoms with van der Waals surface area (Å²) in [5, 5.41) is 11.2. The summed E-state index contributed by atoms with van der Waals surface area (Å²) in [4.78, 5) is 19.1. The number of aromatic nitrogens is 1. The molecule has 0 spiro atoms. The number of rotatable bonds is 2. The van der Waals surface area contributed by atoms with Crippen LogP contribution in [0.5, 0.6) is 0 Å². The van der Waals surface area contributed by atoms with Crippen LogP contribution in [0.15, 0.2) is 15.6 Å². The zero-order chi connectivity index (χ0) is 15.3. The van der Waals surface area contributed by atoms with Gasteiger partial charge in [-0.3, -0.25) is 4.79 Å². The Morgan fingerprint density at radius 1 is 1.43 bits per heavy atom. The number of piperidine rings is 1. The second-order valence-corrected chi connectivity index (χ2v) is 8.03. The highest BCUT2D eigenvalue weighted by Gasteiger charge is 2.45. The molecule has 1 aromatic rings. The molecule has 2 aliphatic rings. The van der Waals surface area contributed by atoms with Crippen molar-refractivity contribution >= 4 is 17.2 Å². The van der Waals surface area contributed by atoms with Crippen LogP contribution < -0.4 is 0 Å². The van der Waals surface area contributed by atoms with Gasteiger partial charge in [0.05, 0.1) is 5.01 Å². The van der Waals surface area contributed by atoms with Gasteiger partial charge in [-0.15, -0.1) is 11.3 Å². The predicted molar refractivity (Wildman–Crippen MR) is 82.7 cm³/mol. The Kier molecular flexibility index (Phi) is 3.39. The number of amides is 1. The Hall–Kier alpha value is -1.30. The lowest BCUT2D eigenvalue weighted by molar-refractivity contribution is 0.0642. The molecule has 1 aromatic heterocycles. The van der Waals surface area contributed by atoms with Gasteiger partial charge in [0.25, 0.3) is 5.91 Å². The van der Waals surface area contributed by atoms with Crippen molar-refractivity contribution in [3.63, 3.8) is 0 Å². The predicted octanol–water partition coefficient (Wildman–Crippen LogP) is 3.47. The van der Waals surface area contributed by atoms with Gasteiger partial charge in [-0.1, -0.05) is 20.8 Å². The van der Waals surface area contributed by atoms with E-state index in [1.54, 1.807) is 11.3 Å². The van der Waals surface area contributed by atoms with E-state index < -0.39 is 0 Å². The lowest BCUT2D eigenvalue weighted by atomic mass is 9.89. The van der Waals surface area contributed by atoms with Crippen molar-refractivity contribution in [1.82, 2.24) is 9.88 Å². The van der Waals surface area contributed by atoms with E-state index in [-0.39, 0.29) is 17.0 Å². The number of carbonyl (C=O) groups is 1. The Balaban J connectivity index is 1.71. The molecule has 1 unspecified atom stereocenters. The Labute approximate surface area is 129 Å². The zero-order valence-electron chi connectivity index (χ0n) is 13.1. The molecule has 0 saturated carbocycles. The Morgan fingerprint density at radius 3 is 2.71 bits per heavy atom. The molecule has 1 atom stereocenters. The van der Waals surface area contributed by atoms with E-state index in [1.165, 1.54) is 0 Å². The number of hydrogen-bond acceptors (Lipinski definition) is 5. The SMILES string of the molecule is CC(C)(C)c1nc(C(=O)N2CCCC(C3(C)N=N3)C2)cs1. The highest BCUT2D eigenvalue weighted by Crippen LogP contribution is 2.40. The van der Waals surface area contributed by atoms with Crippen LogP contribution in [0.1, 0.15) is 56.0 Å². The van der Waals surface area contributed by atoms with Gasteiger partial charge >= 0.3 is 0 Å². The standard InChI is InChI=1S/C15H22N4OS/c1-14(2,3)13-16-11(9-21-13)12(20)19-7-5-6-10(8-19)15(4)17-18-15/h9-10H,5-8H2,1-4H3. The number of likely N-dealkylation sites (tertiary alicyclic amines) is 1. The quantitative estimate of drug-likeness (QED) is 0.840. The summed E-state index contributed by atoms with van der Waals surface area (Å²) in [6, 6.07) is 0. The van der Waals surface area contributed by atoms with Crippen LogP contribution in [0.2, 0.25) is 0 Å². The van der Waals surface area contributed by atoms with E-state index in [0.717, 1.165) is 30.9 Å². The van der Waals surface area contributed by atoms with Gasteiger partial charge in [-0.2, -0.15) is 10.2 Å². The van der Waals surface area contributed by atoms with Crippen molar-refractivity contribution in [1.29, 1.82) is 0 Å². The minimum Gasteiger partial charge on any atom is -0.337 e. The van der Waals surface area contributed by atoms with E-state index in [1.807, 2.05) is 17.2 Å². The van der Waals surface area contributed by atoms with E-state index in [2.05, 4.69) is 36.0 Å². The van der Waals surface area contributed by atoms with Gasteiger partial charge < -0.3 is 4.90 Å². The van der Waals surface area contributed by atoms with Crippen LogP contribution in [0.3, 0.4) is 0 Å². The summed E-state index contributed by atoms with van der Waals surface area (Å²) in [5.41, 5.74) is 0.338. The summed E-state index contributed by atoms with van der Waals surface area (Å²) in [5.74, 6) is 0.409. The van der Waals surface area contributed by atoms with E-state index in [9.17, 15) is 4.79 Å². The number of nitrogens with zero attached hydrogens (tertiary/aromatic N) is 4. The molecular formula is C15H22N4OS. The van der Waals surface area contributed by atoms with E-state index in [4.69, 9.17) is 0 Å². The lowest BCUT2D eigenvalue weighted by Crippen LogP contribution is -2.44. The number of carbonyl (C=O) groups excluding carboxylic acids is 1. The van der Waals surface area contributed by atoms with Crippen LogP contribution in [0.25, 0.3) is 0 Å². The first-order valence-electron chi connectivity index (χ1n) is 7.49. The van der Waals surface area contributed by atoms with Crippen LogP contribution in [0, 0.1) is 5.92 Å². The summed E-state index contributed by atoms with van der Waals surface area (Å²) >= 11 is 1.57. The Bertz CT molecular complexity index is 581. The topological polar surface area (TPSA) is 57.9 Å². The van der Waals surface area contributed by atoms with Crippen LogP contribution in [0.4, 0.5) is 0 Å². The average Bonchev–Trinajstić information content (AvgIpc) is 3.00. The monoisotopic (exact) mass is 306 g/mol. The normalized spacial score (nSPS) is 24.2. The number of hydrogen-bond donors (Lipinski definition) is 0. The molecule has 0 aliphatic carbocycles. The molecule has 3 heterocycles. The van der Waals surface area contributed by atoms with E-state index in [0.29, 0.717) is 11.6 Å². The molecule has 0 aromatic carbocycles. The smallest absolute Gasteiger partial charge is 0.273 e. The van der Waals surface area contributed by atoms with Gasteiger partial charge in [-0.25, -0.2) is 4.98 Å². The zero-order valence-corrected chi connectivity index (χ0v) is 13.9. The van der Waals surface area contributed by atoms with Gasteiger partial charge in [0.2, 0.25) is 0 Å². The first-order valence-corrected chi connectivity index (χ1v) is 8.37. The molecule has 5 nitrogen and oxygen atoms in total. The molecule has 1 saturated heterocycles. The average molecular weight is 306 g/mol. The minimum absolute atomic E-state index is 0.00706. The van der Waals surface area contributed by atoms with Crippen molar-refractivity contribution in [2.45, 2.75) is 51.6 Å². The first kappa shape index (κ1) is 14.6. The molecule has 0 bridgehead atoms. The van der Waals surface area contributed by atoms with Crippen molar-refractivity contribution in [3.05, 3.63) is 16.1 Å². The first-order chi connectivity index (χ1) is 9.79. The summed E-state index contributed by atoms with van der Waals surface area (Å²) < 4.78 is 0. The van der Waals surface area contributed by atoms with Crippen LogP contribution in [-0.4, -0.2) is 34.5 Å². The molecule has 21 heavy (non-hydrogen) atoms. The summed E-state index contributed by atoms with van der Waals surface area (Å²) in [6.07, 6.45) is 2.12. The third-order valence-corrected chi connectivity index (χ3v) is 5.53. The van der Waals surface area contributed by atoms with Crippen LogP contribution >= 0.6 is 11.3 Å². The van der Waals surface area contributed by atoms with Crippen molar-refractivity contribution in [2.75, 3.05) is 13.1 Å². The second kappa shape index (κ2) is 4.87. The maximum atomic E-state index is 12.6. The van der Waals surface area contributed by atoms with Crippen molar-refractivity contribution in [3.8, 4) is 0 Å². The maximum Gasteiger partial charge on any atom is 0.273 e. The van der Waals surface area contributed by atoms with Crippen molar-refractivity contribution in [2.24, 2.45) is 16.1 Å². The summed E-state index contributed by atoms with van der Waals surface area (Å²) in [7, 11) is 0. The van der Waals surface area contributed by atoms with Crippen LogP contribution in [-0.2, 0) is 5.41 Å². The van der Waals surface area contributed by atoms with Gasteiger partial charge in [0.15, 0.2) is 5.66 Å². The molecule has 0 radical (unpaired) electrons. The molecule has 114 valence electrons. The van der Waals surface area contributed by atoms with Gasteiger partial charge in [0.1, 0.15) is 5.69 Å². The fourth-order valence-electron chi connectivity index (χ4n) is 2.73. The van der Waals surface area contributed by atoms with Gasteiger partial charge in [-0.05, 0) is 19.8 Å². The highest BCUT2D eigenvalue weighted by atomic mass is 32.1. The molecule has 3 rings (SSSR count).